The largest absolute Gasteiger partial charge is 0.497 e. The quantitative estimate of drug-likeness (QED) is 0.624. The summed E-state index contributed by atoms with van der Waals surface area (Å²) in [6.45, 7) is 3.68. The van der Waals surface area contributed by atoms with Crippen LogP contribution in [0.4, 0.5) is 10.2 Å². The first-order valence-electron chi connectivity index (χ1n) is 9.99. The average molecular weight is 422 g/mol. The number of ether oxygens (including phenoxy) is 2. The third-order valence-corrected chi connectivity index (χ3v) is 5.19. The number of nitrogens with zero attached hydrogens (tertiary/aromatic N) is 4. The van der Waals surface area contributed by atoms with Gasteiger partial charge in [0.05, 0.1) is 7.11 Å². The molecule has 1 aromatic heterocycles. The highest BCUT2D eigenvalue weighted by atomic mass is 19.1. The van der Waals surface area contributed by atoms with Gasteiger partial charge in [0.2, 0.25) is 5.88 Å². The van der Waals surface area contributed by atoms with Gasteiger partial charge in [0, 0.05) is 37.3 Å². The van der Waals surface area contributed by atoms with Crippen LogP contribution in [0.1, 0.15) is 17.3 Å². The van der Waals surface area contributed by atoms with Crippen molar-refractivity contribution in [1.29, 1.82) is 0 Å². The van der Waals surface area contributed by atoms with E-state index in [2.05, 4.69) is 14.9 Å². The molecular formula is C23H23FN4O3. The highest BCUT2D eigenvalue weighted by molar-refractivity contribution is 5.94. The van der Waals surface area contributed by atoms with Gasteiger partial charge in [-0.05, 0) is 49.4 Å². The van der Waals surface area contributed by atoms with Crippen molar-refractivity contribution in [3.8, 4) is 17.4 Å². The van der Waals surface area contributed by atoms with Crippen LogP contribution in [0, 0.1) is 5.82 Å². The Kier molecular flexibility index (Phi) is 5.97. The molecule has 7 nitrogen and oxygen atoms in total. The van der Waals surface area contributed by atoms with E-state index < -0.39 is 5.82 Å². The molecular weight excluding hydrogens is 399 g/mol. The molecule has 0 unspecified atom stereocenters. The molecule has 160 valence electrons. The molecule has 31 heavy (non-hydrogen) atoms. The Morgan fingerprint density at radius 1 is 1.06 bits per heavy atom. The maximum absolute atomic E-state index is 13.5. The molecule has 1 saturated heterocycles. The summed E-state index contributed by atoms with van der Waals surface area (Å²) in [6, 6.07) is 14.7. The van der Waals surface area contributed by atoms with Crippen LogP contribution in [0.15, 0.2) is 60.9 Å². The molecule has 3 aromatic rings. The average Bonchev–Trinajstić information content (AvgIpc) is 2.79. The molecule has 0 spiro atoms. The molecule has 1 fully saturated rings. The highest BCUT2D eigenvalue weighted by Crippen LogP contribution is 2.26. The number of benzene rings is 2. The number of amides is 1. The summed E-state index contributed by atoms with van der Waals surface area (Å²) in [6.07, 6.45) is 1.46. The highest BCUT2D eigenvalue weighted by Gasteiger charge is 2.29. The van der Waals surface area contributed by atoms with Crippen molar-refractivity contribution in [3.63, 3.8) is 0 Å². The van der Waals surface area contributed by atoms with Gasteiger partial charge in [-0.3, -0.25) is 4.79 Å². The lowest BCUT2D eigenvalue weighted by Gasteiger charge is -2.40. The molecule has 0 aliphatic carbocycles. The van der Waals surface area contributed by atoms with E-state index >= 15 is 0 Å². The van der Waals surface area contributed by atoms with E-state index in [1.165, 1.54) is 18.5 Å². The summed E-state index contributed by atoms with van der Waals surface area (Å²) in [7, 11) is 1.61. The molecule has 1 aliphatic rings. The van der Waals surface area contributed by atoms with E-state index in [0.29, 0.717) is 36.8 Å². The van der Waals surface area contributed by atoms with Crippen molar-refractivity contribution in [2.45, 2.75) is 13.0 Å². The first kappa shape index (κ1) is 20.6. The van der Waals surface area contributed by atoms with Gasteiger partial charge in [-0.1, -0.05) is 6.07 Å². The maximum atomic E-state index is 13.5. The lowest BCUT2D eigenvalue weighted by atomic mass is 10.1. The number of hydrogen-bond acceptors (Lipinski definition) is 6. The molecule has 1 amide bonds. The summed E-state index contributed by atoms with van der Waals surface area (Å²) in [5.74, 6) is 1.96. The zero-order chi connectivity index (χ0) is 21.8. The SMILES string of the molecule is COc1ccc(Oc2cc(N3CCN(C(=O)c4cccc(F)c4)[C@@H](C)C3)ncn2)cc1. The summed E-state index contributed by atoms with van der Waals surface area (Å²) in [5, 5.41) is 0. The van der Waals surface area contributed by atoms with E-state index in [-0.39, 0.29) is 11.9 Å². The number of hydrogen-bond donors (Lipinski definition) is 0. The number of rotatable bonds is 5. The predicted molar refractivity (Wildman–Crippen MR) is 114 cm³/mol. The monoisotopic (exact) mass is 422 g/mol. The van der Waals surface area contributed by atoms with Crippen molar-refractivity contribution in [1.82, 2.24) is 14.9 Å². The van der Waals surface area contributed by atoms with Crippen LogP contribution in [-0.4, -0.2) is 53.6 Å². The van der Waals surface area contributed by atoms with Gasteiger partial charge < -0.3 is 19.3 Å². The molecule has 0 saturated carbocycles. The smallest absolute Gasteiger partial charge is 0.254 e. The van der Waals surface area contributed by atoms with Gasteiger partial charge in [0.15, 0.2) is 0 Å². The molecule has 2 heterocycles. The van der Waals surface area contributed by atoms with Gasteiger partial charge in [-0.15, -0.1) is 0 Å². The minimum Gasteiger partial charge on any atom is -0.497 e. The van der Waals surface area contributed by atoms with Crippen LogP contribution >= 0.6 is 0 Å². The molecule has 0 bridgehead atoms. The van der Waals surface area contributed by atoms with Gasteiger partial charge in [0.1, 0.15) is 29.5 Å². The molecule has 0 radical (unpaired) electrons. The van der Waals surface area contributed by atoms with E-state index in [9.17, 15) is 9.18 Å². The van der Waals surface area contributed by atoms with E-state index in [4.69, 9.17) is 9.47 Å². The van der Waals surface area contributed by atoms with Crippen LogP contribution in [0.2, 0.25) is 0 Å². The fourth-order valence-corrected chi connectivity index (χ4v) is 3.58. The number of piperazine rings is 1. The molecule has 8 heteroatoms. The van der Waals surface area contributed by atoms with E-state index in [1.807, 2.05) is 19.1 Å². The Hall–Kier alpha value is -3.68. The first-order chi connectivity index (χ1) is 15.0. The normalized spacial score (nSPS) is 16.2. The number of carbonyl (C=O) groups excluding carboxylic acids is 1. The number of halogens is 1. The van der Waals surface area contributed by atoms with Crippen LogP contribution in [-0.2, 0) is 0 Å². The minimum absolute atomic E-state index is 0.0644. The second kappa shape index (κ2) is 8.99. The third kappa shape index (κ3) is 4.74. The fourth-order valence-electron chi connectivity index (χ4n) is 3.58. The van der Waals surface area contributed by atoms with Gasteiger partial charge in [-0.25, -0.2) is 14.4 Å². The molecule has 1 aliphatic heterocycles. The van der Waals surface area contributed by atoms with Crippen LogP contribution in [0.25, 0.3) is 0 Å². The maximum Gasteiger partial charge on any atom is 0.254 e. The van der Waals surface area contributed by atoms with E-state index in [1.54, 1.807) is 42.3 Å². The summed E-state index contributed by atoms with van der Waals surface area (Å²) < 4.78 is 24.5. The Morgan fingerprint density at radius 2 is 1.84 bits per heavy atom. The lowest BCUT2D eigenvalue weighted by Crippen LogP contribution is -2.54. The van der Waals surface area contributed by atoms with Gasteiger partial charge in [-0.2, -0.15) is 0 Å². The Morgan fingerprint density at radius 3 is 2.55 bits per heavy atom. The third-order valence-electron chi connectivity index (χ3n) is 5.19. The van der Waals surface area contributed by atoms with Crippen molar-refractivity contribution in [3.05, 3.63) is 72.3 Å². The number of aromatic nitrogens is 2. The Labute approximate surface area is 180 Å². The first-order valence-corrected chi connectivity index (χ1v) is 9.99. The topological polar surface area (TPSA) is 67.8 Å². The molecule has 0 N–H and O–H groups in total. The number of methoxy groups -OCH3 is 1. The standard InChI is InChI=1S/C23H23FN4O3/c1-16-14-27(10-11-28(16)23(29)17-4-3-5-18(24)12-17)21-13-22(26-15-25-21)31-20-8-6-19(30-2)7-9-20/h3-9,12-13,15-16H,10-11,14H2,1-2H3/t16-/m0/s1. The number of anilines is 1. The number of carbonyl (C=O) groups is 1. The van der Waals surface area contributed by atoms with Gasteiger partial charge >= 0.3 is 0 Å². The molecule has 2 aromatic carbocycles. The van der Waals surface area contributed by atoms with Gasteiger partial charge in [0.25, 0.3) is 5.91 Å². The van der Waals surface area contributed by atoms with Crippen LogP contribution in [0.5, 0.6) is 17.4 Å². The summed E-state index contributed by atoms with van der Waals surface area (Å²) in [5.41, 5.74) is 0.359. The predicted octanol–water partition coefficient (Wildman–Crippen LogP) is 3.77. The van der Waals surface area contributed by atoms with Crippen molar-refractivity contribution >= 4 is 11.7 Å². The van der Waals surface area contributed by atoms with E-state index in [0.717, 1.165) is 11.6 Å². The zero-order valence-electron chi connectivity index (χ0n) is 17.4. The summed E-state index contributed by atoms with van der Waals surface area (Å²) >= 11 is 0. The molecule has 1 atom stereocenters. The zero-order valence-corrected chi connectivity index (χ0v) is 17.4. The summed E-state index contributed by atoms with van der Waals surface area (Å²) in [4.78, 5) is 25.2. The van der Waals surface area contributed by atoms with Crippen molar-refractivity contribution < 1.29 is 18.7 Å². The van der Waals surface area contributed by atoms with Crippen molar-refractivity contribution in [2.75, 3.05) is 31.6 Å². The second-order valence-corrected chi connectivity index (χ2v) is 7.30. The fraction of sp³-hybridized carbons (Fsp3) is 0.261. The minimum atomic E-state index is -0.414. The van der Waals surface area contributed by atoms with Crippen LogP contribution < -0.4 is 14.4 Å². The molecule has 4 rings (SSSR count). The van der Waals surface area contributed by atoms with Crippen molar-refractivity contribution in [2.24, 2.45) is 0 Å². The van der Waals surface area contributed by atoms with Crippen LogP contribution in [0.3, 0.4) is 0 Å². The second-order valence-electron chi connectivity index (χ2n) is 7.30. The Balaban J connectivity index is 1.43. The Bertz CT molecular complexity index is 1060. The lowest BCUT2D eigenvalue weighted by molar-refractivity contribution is 0.0673.